The maximum absolute atomic E-state index is 13.4. The number of nitrogens with zero attached hydrogens (tertiary/aromatic N) is 4. The minimum atomic E-state index is -0.0877. The zero-order chi connectivity index (χ0) is 20.7. The Kier molecular flexibility index (Phi) is 4.74. The first-order valence-electron chi connectivity index (χ1n) is 10.7. The molecule has 5 rings (SSSR count). The van der Waals surface area contributed by atoms with Gasteiger partial charge < -0.3 is 4.57 Å². The van der Waals surface area contributed by atoms with Crippen molar-refractivity contribution in [2.24, 2.45) is 12.1 Å². The Hall–Kier alpha value is -3.21. The van der Waals surface area contributed by atoms with Gasteiger partial charge in [0.15, 0.2) is 0 Å². The zero-order valence-electron chi connectivity index (χ0n) is 17.5. The fourth-order valence-corrected chi connectivity index (χ4v) is 4.71. The maximum Gasteiger partial charge on any atom is 0.282 e. The Labute approximate surface area is 175 Å². The second-order valence-electron chi connectivity index (χ2n) is 8.26. The molecule has 0 amide bonds. The van der Waals surface area contributed by atoms with E-state index in [1.165, 1.54) is 19.3 Å². The van der Waals surface area contributed by atoms with Gasteiger partial charge in [-0.1, -0.05) is 49.6 Å². The molecule has 5 heteroatoms. The van der Waals surface area contributed by atoms with Gasteiger partial charge in [-0.25, -0.2) is 4.98 Å². The number of hydrogen-bond acceptors (Lipinski definition) is 3. The van der Waals surface area contributed by atoms with Crippen LogP contribution in [-0.4, -0.2) is 20.4 Å². The lowest BCUT2D eigenvalue weighted by Gasteiger charge is -2.22. The molecule has 1 fully saturated rings. The molecule has 4 aromatic rings. The average molecular weight is 399 g/mol. The normalized spacial score (nSPS) is 15.5. The van der Waals surface area contributed by atoms with Crippen molar-refractivity contribution in [1.82, 2.24) is 14.2 Å². The minimum Gasteiger partial charge on any atom is -0.347 e. The van der Waals surface area contributed by atoms with E-state index in [1.54, 1.807) is 4.68 Å². The van der Waals surface area contributed by atoms with Crippen molar-refractivity contribution >= 4 is 28.0 Å². The maximum atomic E-state index is 13.4. The highest BCUT2D eigenvalue weighted by Gasteiger charge is 2.22. The standard InChI is InChI=1S/C25H26N4O/c1-17-21(19-12-7-9-15-23(19)28(17)2)16-26-29-24(18-10-4-3-5-11-18)27-22-14-8-6-13-20(22)25(29)30/h6-9,12-16,18H,3-5,10-11H2,1-2H3. The van der Waals surface area contributed by atoms with E-state index in [9.17, 15) is 4.79 Å². The molecule has 152 valence electrons. The van der Waals surface area contributed by atoms with Gasteiger partial charge in [0.25, 0.3) is 5.56 Å². The second-order valence-corrected chi connectivity index (χ2v) is 8.26. The molecule has 30 heavy (non-hydrogen) atoms. The lowest BCUT2D eigenvalue weighted by molar-refractivity contribution is 0.416. The molecule has 0 N–H and O–H groups in total. The first-order chi connectivity index (χ1) is 14.6. The van der Waals surface area contributed by atoms with E-state index in [4.69, 9.17) is 10.1 Å². The highest BCUT2D eigenvalue weighted by molar-refractivity contribution is 6.01. The van der Waals surface area contributed by atoms with Crippen molar-refractivity contribution in [3.05, 3.63) is 76.0 Å². The Bertz CT molecular complexity index is 1320. The van der Waals surface area contributed by atoms with E-state index in [2.05, 4.69) is 30.7 Å². The minimum absolute atomic E-state index is 0.0877. The Morgan fingerprint density at radius 1 is 1.00 bits per heavy atom. The van der Waals surface area contributed by atoms with Crippen molar-refractivity contribution in [3.8, 4) is 0 Å². The van der Waals surface area contributed by atoms with Gasteiger partial charge in [0.2, 0.25) is 0 Å². The molecule has 2 aromatic carbocycles. The summed E-state index contributed by atoms with van der Waals surface area (Å²) in [5.74, 6) is 1.08. The first-order valence-corrected chi connectivity index (χ1v) is 10.7. The van der Waals surface area contributed by atoms with Crippen LogP contribution in [0.5, 0.6) is 0 Å². The summed E-state index contributed by atoms with van der Waals surface area (Å²) in [7, 11) is 2.06. The van der Waals surface area contributed by atoms with Gasteiger partial charge in [-0.3, -0.25) is 4.79 Å². The number of benzene rings is 2. The van der Waals surface area contributed by atoms with Gasteiger partial charge in [0, 0.05) is 35.1 Å². The Morgan fingerprint density at radius 2 is 1.70 bits per heavy atom. The van der Waals surface area contributed by atoms with Crippen LogP contribution in [-0.2, 0) is 7.05 Å². The van der Waals surface area contributed by atoms with E-state index in [0.717, 1.165) is 46.3 Å². The number of aromatic nitrogens is 3. The summed E-state index contributed by atoms with van der Waals surface area (Å²) < 4.78 is 3.72. The van der Waals surface area contributed by atoms with Crippen molar-refractivity contribution in [2.45, 2.75) is 44.9 Å². The average Bonchev–Trinajstić information content (AvgIpc) is 3.04. The Balaban J connectivity index is 1.70. The molecular weight excluding hydrogens is 372 g/mol. The van der Waals surface area contributed by atoms with Crippen LogP contribution in [0.1, 0.15) is 55.1 Å². The smallest absolute Gasteiger partial charge is 0.282 e. The van der Waals surface area contributed by atoms with Crippen molar-refractivity contribution in [3.63, 3.8) is 0 Å². The largest absolute Gasteiger partial charge is 0.347 e. The lowest BCUT2D eigenvalue weighted by Crippen LogP contribution is -2.25. The number of aryl methyl sites for hydroxylation is 1. The molecule has 0 saturated heterocycles. The molecule has 5 nitrogen and oxygen atoms in total. The van der Waals surface area contributed by atoms with Crippen LogP contribution in [0.4, 0.5) is 0 Å². The zero-order valence-corrected chi connectivity index (χ0v) is 17.5. The third-order valence-corrected chi connectivity index (χ3v) is 6.50. The van der Waals surface area contributed by atoms with E-state index >= 15 is 0 Å². The number of rotatable bonds is 3. The van der Waals surface area contributed by atoms with Gasteiger partial charge in [-0.2, -0.15) is 9.78 Å². The molecule has 0 bridgehead atoms. The molecule has 0 atom stereocenters. The van der Waals surface area contributed by atoms with Crippen LogP contribution >= 0.6 is 0 Å². The molecule has 0 aliphatic heterocycles. The third-order valence-electron chi connectivity index (χ3n) is 6.50. The van der Waals surface area contributed by atoms with E-state index < -0.39 is 0 Å². The topological polar surface area (TPSA) is 52.2 Å². The summed E-state index contributed by atoms with van der Waals surface area (Å²) >= 11 is 0. The van der Waals surface area contributed by atoms with Crippen molar-refractivity contribution < 1.29 is 0 Å². The van der Waals surface area contributed by atoms with Crippen molar-refractivity contribution in [1.29, 1.82) is 0 Å². The van der Waals surface area contributed by atoms with Gasteiger partial charge >= 0.3 is 0 Å². The SMILES string of the molecule is Cc1c(C=Nn2c(C3CCCCC3)nc3ccccc3c2=O)c2ccccc2n1C. The fourth-order valence-electron chi connectivity index (χ4n) is 4.71. The summed E-state index contributed by atoms with van der Waals surface area (Å²) in [4.78, 5) is 18.3. The number of fused-ring (bicyclic) bond motifs is 2. The number of para-hydroxylation sites is 2. The molecule has 2 aromatic heterocycles. The summed E-state index contributed by atoms with van der Waals surface area (Å²) in [6.45, 7) is 2.09. The van der Waals surface area contributed by atoms with Crippen LogP contribution in [0, 0.1) is 6.92 Å². The summed E-state index contributed by atoms with van der Waals surface area (Å²) in [6, 6.07) is 15.9. The quantitative estimate of drug-likeness (QED) is 0.449. The highest BCUT2D eigenvalue weighted by Crippen LogP contribution is 2.32. The predicted octanol–water partition coefficient (Wildman–Crippen LogP) is 5.13. The van der Waals surface area contributed by atoms with Gasteiger partial charge in [0.1, 0.15) is 5.82 Å². The summed E-state index contributed by atoms with van der Waals surface area (Å²) in [5.41, 5.74) is 4.00. The van der Waals surface area contributed by atoms with Crippen LogP contribution < -0.4 is 5.56 Å². The fraction of sp³-hybridized carbons (Fsp3) is 0.320. The lowest BCUT2D eigenvalue weighted by atomic mass is 9.88. The molecule has 0 unspecified atom stereocenters. The summed E-state index contributed by atoms with van der Waals surface area (Å²) in [5, 5.41) is 6.48. The highest BCUT2D eigenvalue weighted by atomic mass is 16.1. The van der Waals surface area contributed by atoms with E-state index in [1.807, 2.05) is 42.6 Å². The van der Waals surface area contributed by atoms with Gasteiger partial charge in [0.05, 0.1) is 17.1 Å². The predicted molar refractivity (Wildman–Crippen MR) is 122 cm³/mol. The molecule has 0 spiro atoms. The van der Waals surface area contributed by atoms with Crippen molar-refractivity contribution in [2.75, 3.05) is 0 Å². The third kappa shape index (κ3) is 3.05. The molecular formula is C25H26N4O. The van der Waals surface area contributed by atoms with Crippen LogP contribution in [0.15, 0.2) is 58.4 Å². The van der Waals surface area contributed by atoms with E-state index in [-0.39, 0.29) is 11.5 Å². The molecule has 1 aliphatic rings. The van der Waals surface area contributed by atoms with E-state index in [0.29, 0.717) is 5.39 Å². The molecule has 1 saturated carbocycles. The first kappa shape index (κ1) is 18.8. The van der Waals surface area contributed by atoms with Gasteiger partial charge in [-0.15, -0.1) is 0 Å². The molecule has 2 heterocycles. The monoisotopic (exact) mass is 398 g/mol. The molecule has 1 aliphatic carbocycles. The molecule has 0 radical (unpaired) electrons. The number of hydrogen-bond donors (Lipinski definition) is 0. The van der Waals surface area contributed by atoms with Crippen LogP contribution in [0.25, 0.3) is 21.8 Å². The second kappa shape index (κ2) is 7.56. The Morgan fingerprint density at radius 3 is 2.50 bits per heavy atom. The summed E-state index contributed by atoms with van der Waals surface area (Å²) in [6.07, 6.45) is 7.58. The van der Waals surface area contributed by atoms with Crippen LogP contribution in [0.2, 0.25) is 0 Å². The van der Waals surface area contributed by atoms with Gasteiger partial charge in [-0.05, 0) is 38.0 Å². The van der Waals surface area contributed by atoms with Crippen LogP contribution in [0.3, 0.4) is 0 Å².